The molecule has 1 aromatic carbocycles. The van der Waals surface area contributed by atoms with Gasteiger partial charge in [0.05, 0.1) is 32.6 Å². The van der Waals surface area contributed by atoms with Crippen molar-refractivity contribution in [3.05, 3.63) is 39.4 Å². The molecule has 1 amide bonds. The zero-order valence-electron chi connectivity index (χ0n) is 10.8. The Bertz CT molecular complexity index is 616. The van der Waals surface area contributed by atoms with Crippen LogP contribution >= 0.6 is 34.8 Å². The first-order valence-electron chi connectivity index (χ1n) is 6.23. The van der Waals surface area contributed by atoms with Crippen molar-refractivity contribution < 1.29 is 14.7 Å². The second kappa shape index (κ2) is 6.69. The topological polar surface area (TPSA) is 66.4 Å². The fraction of sp³-hybridized carbons (Fsp3) is 0.286. The lowest BCUT2D eigenvalue weighted by Gasteiger charge is -2.24. The third-order valence-corrected chi connectivity index (χ3v) is 4.39. The number of allylic oxidation sites excluding steroid dienone is 2. The molecular weight excluding hydrogens is 337 g/mol. The van der Waals surface area contributed by atoms with E-state index in [4.69, 9.17) is 34.8 Å². The number of hydrogen-bond acceptors (Lipinski definition) is 2. The maximum atomic E-state index is 12.3. The van der Waals surface area contributed by atoms with E-state index in [1.165, 1.54) is 12.1 Å². The van der Waals surface area contributed by atoms with Gasteiger partial charge in [0, 0.05) is 0 Å². The van der Waals surface area contributed by atoms with E-state index >= 15 is 0 Å². The second-order valence-corrected chi connectivity index (χ2v) is 5.95. The van der Waals surface area contributed by atoms with Crippen LogP contribution in [-0.2, 0) is 9.59 Å². The molecule has 1 aromatic rings. The molecule has 0 unspecified atom stereocenters. The summed E-state index contributed by atoms with van der Waals surface area (Å²) in [7, 11) is 0. The minimum Gasteiger partial charge on any atom is -0.481 e. The second-order valence-electron chi connectivity index (χ2n) is 4.73. The first-order chi connectivity index (χ1) is 9.90. The highest BCUT2D eigenvalue weighted by atomic mass is 35.5. The largest absolute Gasteiger partial charge is 0.481 e. The third-order valence-electron chi connectivity index (χ3n) is 3.35. The van der Waals surface area contributed by atoms with E-state index in [1.54, 1.807) is 12.2 Å². The molecule has 0 radical (unpaired) electrons. The smallest absolute Gasteiger partial charge is 0.307 e. The maximum absolute atomic E-state index is 12.3. The van der Waals surface area contributed by atoms with Gasteiger partial charge in [0.1, 0.15) is 0 Å². The van der Waals surface area contributed by atoms with E-state index in [-0.39, 0.29) is 15.1 Å². The number of nitrogens with one attached hydrogen (secondary N) is 1. The Kier molecular flexibility index (Phi) is 5.14. The zero-order valence-corrected chi connectivity index (χ0v) is 13.0. The van der Waals surface area contributed by atoms with Crippen LogP contribution in [0.2, 0.25) is 15.1 Å². The number of carbonyl (C=O) groups excluding carboxylic acids is 1. The molecule has 4 nitrogen and oxygen atoms in total. The Labute approximate surface area is 136 Å². The Hall–Kier alpha value is -1.23. The highest BCUT2D eigenvalue weighted by molar-refractivity contribution is 6.44. The van der Waals surface area contributed by atoms with E-state index in [1.807, 2.05) is 0 Å². The summed E-state index contributed by atoms with van der Waals surface area (Å²) < 4.78 is 0. The summed E-state index contributed by atoms with van der Waals surface area (Å²) in [4.78, 5) is 23.5. The number of anilines is 1. The molecule has 2 rings (SSSR count). The molecule has 112 valence electrons. The molecule has 2 atom stereocenters. The summed E-state index contributed by atoms with van der Waals surface area (Å²) >= 11 is 17.7. The van der Waals surface area contributed by atoms with E-state index in [2.05, 4.69) is 5.32 Å². The van der Waals surface area contributed by atoms with Gasteiger partial charge in [-0.3, -0.25) is 9.59 Å². The average molecular weight is 349 g/mol. The lowest BCUT2D eigenvalue weighted by atomic mass is 9.82. The van der Waals surface area contributed by atoms with Crippen molar-refractivity contribution in [2.75, 3.05) is 5.32 Å². The molecule has 0 aliphatic heterocycles. The number of carbonyl (C=O) groups is 2. The number of carboxylic acids is 1. The van der Waals surface area contributed by atoms with E-state index < -0.39 is 23.7 Å². The van der Waals surface area contributed by atoms with Gasteiger partial charge in [0.25, 0.3) is 0 Å². The SMILES string of the molecule is O=C(Nc1cc(Cl)c(Cl)cc1Cl)[C@H]1CC=CC[C@H]1C(=O)O. The fourth-order valence-electron chi connectivity index (χ4n) is 2.22. The number of amides is 1. The summed E-state index contributed by atoms with van der Waals surface area (Å²) in [5.41, 5.74) is 0.315. The highest BCUT2D eigenvalue weighted by Gasteiger charge is 2.34. The number of carboxylic acid groups (broad SMARTS) is 1. The lowest BCUT2D eigenvalue weighted by Crippen LogP contribution is -2.34. The normalized spacial score (nSPS) is 21.1. The Balaban J connectivity index is 2.19. The Morgan fingerprint density at radius 2 is 1.57 bits per heavy atom. The summed E-state index contributed by atoms with van der Waals surface area (Å²) in [5.74, 6) is -2.76. The Morgan fingerprint density at radius 3 is 2.19 bits per heavy atom. The molecule has 0 bridgehead atoms. The van der Waals surface area contributed by atoms with Crippen LogP contribution in [0.4, 0.5) is 5.69 Å². The van der Waals surface area contributed by atoms with Gasteiger partial charge >= 0.3 is 5.97 Å². The molecule has 0 spiro atoms. The van der Waals surface area contributed by atoms with Crippen molar-refractivity contribution in [3.63, 3.8) is 0 Å². The summed E-state index contributed by atoms with van der Waals surface area (Å²) in [6, 6.07) is 2.87. The van der Waals surface area contributed by atoms with Gasteiger partial charge in [-0.15, -0.1) is 0 Å². The summed E-state index contributed by atoms with van der Waals surface area (Å²) in [6.45, 7) is 0. The number of rotatable bonds is 3. The molecule has 1 aliphatic rings. The lowest BCUT2D eigenvalue weighted by molar-refractivity contribution is -0.146. The van der Waals surface area contributed by atoms with Crippen LogP contribution < -0.4 is 5.32 Å². The number of halogens is 3. The van der Waals surface area contributed by atoms with Gasteiger partial charge in [-0.2, -0.15) is 0 Å². The summed E-state index contributed by atoms with van der Waals surface area (Å²) in [5, 5.41) is 12.6. The van der Waals surface area contributed by atoms with Crippen molar-refractivity contribution in [2.45, 2.75) is 12.8 Å². The van der Waals surface area contributed by atoms with Crippen LogP contribution in [0.3, 0.4) is 0 Å². The molecule has 0 heterocycles. The van der Waals surface area contributed by atoms with Gasteiger partial charge in [-0.1, -0.05) is 47.0 Å². The monoisotopic (exact) mass is 347 g/mol. The van der Waals surface area contributed by atoms with Crippen LogP contribution in [0.15, 0.2) is 24.3 Å². The number of benzene rings is 1. The molecule has 21 heavy (non-hydrogen) atoms. The van der Waals surface area contributed by atoms with Crippen LogP contribution in [0.5, 0.6) is 0 Å². The van der Waals surface area contributed by atoms with Crippen LogP contribution in [0, 0.1) is 11.8 Å². The first-order valence-corrected chi connectivity index (χ1v) is 7.36. The van der Waals surface area contributed by atoms with Gasteiger partial charge in [-0.25, -0.2) is 0 Å². The van der Waals surface area contributed by atoms with E-state index in [0.29, 0.717) is 18.5 Å². The van der Waals surface area contributed by atoms with Crippen molar-refractivity contribution in [3.8, 4) is 0 Å². The Morgan fingerprint density at radius 1 is 1.00 bits per heavy atom. The molecule has 0 saturated heterocycles. The maximum Gasteiger partial charge on any atom is 0.307 e. The molecule has 0 fully saturated rings. The van der Waals surface area contributed by atoms with Crippen LogP contribution in [0.1, 0.15) is 12.8 Å². The van der Waals surface area contributed by atoms with Crippen LogP contribution in [0.25, 0.3) is 0 Å². The van der Waals surface area contributed by atoms with Crippen molar-refractivity contribution in [2.24, 2.45) is 11.8 Å². The van der Waals surface area contributed by atoms with E-state index in [0.717, 1.165) is 0 Å². The van der Waals surface area contributed by atoms with Crippen LogP contribution in [-0.4, -0.2) is 17.0 Å². The first kappa shape index (κ1) is 16.1. The predicted molar refractivity (Wildman–Crippen MR) is 83.1 cm³/mol. The minimum atomic E-state index is -0.986. The molecule has 2 N–H and O–H groups in total. The predicted octanol–water partition coefficient (Wildman–Crippen LogP) is 4.25. The standard InChI is InChI=1S/C14H12Cl3NO3/c15-9-5-11(17)12(6-10(9)16)18-13(19)7-3-1-2-4-8(7)14(20)21/h1-2,5-8H,3-4H2,(H,18,19)(H,20,21)/t7-,8+/m0/s1. The number of hydrogen-bond donors (Lipinski definition) is 2. The molecule has 1 aliphatic carbocycles. The van der Waals surface area contributed by atoms with Gasteiger partial charge in [0.2, 0.25) is 5.91 Å². The fourth-order valence-corrected chi connectivity index (χ4v) is 2.81. The minimum absolute atomic E-state index is 0.246. The zero-order chi connectivity index (χ0) is 15.6. The molecule has 0 aromatic heterocycles. The third kappa shape index (κ3) is 3.70. The molecule has 0 saturated carbocycles. The summed E-state index contributed by atoms with van der Waals surface area (Å²) in [6.07, 6.45) is 4.29. The van der Waals surface area contributed by atoms with Crippen molar-refractivity contribution in [1.29, 1.82) is 0 Å². The van der Waals surface area contributed by atoms with E-state index in [9.17, 15) is 14.7 Å². The van der Waals surface area contributed by atoms with Gasteiger partial charge < -0.3 is 10.4 Å². The quantitative estimate of drug-likeness (QED) is 0.634. The average Bonchev–Trinajstić information content (AvgIpc) is 2.44. The van der Waals surface area contributed by atoms with Gasteiger partial charge in [-0.05, 0) is 25.0 Å². The van der Waals surface area contributed by atoms with Crippen molar-refractivity contribution in [1.82, 2.24) is 0 Å². The molecule has 7 heteroatoms. The van der Waals surface area contributed by atoms with Crippen molar-refractivity contribution >= 4 is 52.4 Å². The number of aliphatic carboxylic acids is 1. The highest BCUT2D eigenvalue weighted by Crippen LogP contribution is 2.34. The van der Waals surface area contributed by atoms with Gasteiger partial charge in [0.15, 0.2) is 0 Å². The molecular formula is C14H12Cl3NO3.